The molecule has 0 N–H and O–H groups in total. The molecule has 112 valence electrons. The molecule has 0 unspecified atom stereocenters. The highest BCUT2D eigenvalue weighted by Crippen LogP contribution is 2.20. The Bertz CT molecular complexity index is 697. The highest BCUT2D eigenvalue weighted by Gasteiger charge is 2.25. The number of amides is 1. The van der Waals surface area contributed by atoms with Crippen molar-refractivity contribution in [1.29, 1.82) is 0 Å². The third kappa shape index (κ3) is 3.49. The average molecular weight is 324 g/mol. The molecule has 7 heteroatoms. The van der Waals surface area contributed by atoms with Crippen LogP contribution >= 0.6 is 11.3 Å². The smallest absolute Gasteiger partial charge is 0.252 e. The van der Waals surface area contributed by atoms with E-state index < -0.39 is 10.0 Å². The lowest BCUT2D eigenvalue weighted by atomic mass is 10.3. The first kappa shape index (κ1) is 15.7. The lowest BCUT2D eigenvalue weighted by molar-refractivity contribution is -0.118. The largest absolute Gasteiger partial charge is 0.314 e. The van der Waals surface area contributed by atoms with Crippen LogP contribution in [-0.2, 0) is 14.8 Å². The Balaban J connectivity index is 2.09. The van der Waals surface area contributed by atoms with Gasteiger partial charge in [0.1, 0.15) is 4.21 Å². The van der Waals surface area contributed by atoms with Gasteiger partial charge < -0.3 is 4.90 Å². The van der Waals surface area contributed by atoms with Crippen LogP contribution < -0.4 is 4.90 Å². The first-order valence-corrected chi connectivity index (χ1v) is 8.56. The van der Waals surface area contributed by atoms with Gasteiger partial charge in [-0.15, -0.1) is 11.3 Å². The van der Waals surface area contributed by atoms with E-state index in [-0.39, 0.29) is 16.7 Å². The summed E-state index contributed by atoms with van der Waals surface area (Å²) in [6.45, 7) is -0.203. The number of likely N-dealkylation sites (N-methyl/N-ethyl adjacent to an activating group) is 2. The molecule has 0 aliphatic heterocycles. The van der Waals surface area contributed by atoms with E-state index in [1.54, 1.807) is 30.6 Å². The van der Waals surface area contributed by atoms with Gasteiger partial charge in [-0.3, -0.25) is 4.79 Å². The average Bonchev–Trinajstić information content (AvgIpc) is 3.02. The molecule has 0 saturated heterocycles. The maximum absolute atomic E-state index is 12.3. The Labute approximate surface area is 128 Å². The standard InChI is InChI=1S/C14H16N2O3S2/c1-15(21(18,19)14-9-6-10-20-14)11-13(17)16(2)12-7-4-3-5-8-12/h3-10H,11H2,1-2H3. The zero-order chi connectivity index (χ0) is 15.5. The van der Waals surface area contributed by atoms with Crippen molar-refractivity contribution in [3.63, 3.8) is 0 Å². The minimum absolute atomic E-state index is 0.203. The van der Waals surface area contributed by atoms with Gasteiger partial charge >= 0.3 is 0 Å². The van der Waals surface area contributed by atoms with Gasteiger partial charge in [-0.1, -0.05) is 24.3 Å². The van der Waals surface area contributed by atoms with E-state index in [1.165, 1.54) is 18.0 Å². The molecule has 0 aliphatic rings. The maximum Gasteiger partial charge on any atom is 0.252 e. The second-order valence-corrected chi connectivity index (χ2v) is 7.70. The number of sulfonamides is 1. The second kappa shape index (κ2) is 6.38. The van der Waals surface area contributed by atoms with Crippen molar-refractivity contribution in [2.24, 2.45) is 0 Å². The summed E-state index contributed by atoms with van der Waals surface area (Å²) in [5.74, 6) is -0.288. The van der Waals surface area contributed by atoms with Crippen molar-refractivity contribution in [1.82, 2.24) is 4.31 Å². The van der Waals surface area contributed by atoms with Crippen molar-refractivity contribution in [2.75, 3.05) is 25.5 Å². The molecular formula is C14H16N2O3S2. The monoisotopic (exact) mass is 324 g/mol. The van der Waals surface area contributed by atoms with Gasteiger partial charge in [0.25, 0.3) is 10.0 Å². The topological polar surface area (TPSA) is 57.7 Å². The molecule has 0 fully saturated rings. The van der Waals surface area contributed by atoms with Crippen LogP contribution in [0, 0.1) is 0 Å². The summed E-state index contributed by atoms with van der Waals surface area (Å²) in [6.07, 6.45) is 0. The molecule has 1 aromatic heterocycles. The Hall–Kier alpha value is -1.70. The minimum atomic E-state index is -3.60. The number of carbonyl (C=O) groups excluding carboxylic acids is 1. The fourth-order valence-corrected chi connectivity index (χ4v) is 4.06. The number of nitrogens with zero attached hydrogens (tertiary/aromatic N) is 2. The number of thiophene rings is 1. The maximum atomic E-state index is 12.3. The van der Waals surface area contributed by atoms with E-state index in [1.807, 2.05) is 18.2 Å². The first-order valence-electron chi connectivity index (χ1n) is 6.24. The normalized spacial score (nSPS) is 11.6. The molecule has 1 heterocycles. The van der Waals surface area contributed by atoms with Crippen LogP contribution in [0.1, 0.15) is 0 Å². The van der Waals surface area contributed by atoms with E-state index in [4.69, 9.17) is 0 Å². The molecule has 5 nitrogen and oxygen atoms in total. The number of hydrogen-bond donors (Lipinski definition) is 0. The number of hydrogen-bond acceptors (Lipinski definition) is 4. The number of rotatable bonds is 5. The van der Waals surface area contributed by atoms with Crippen LogP contribution in [0.5, 0.6) is 0 Å². The van der Waals surface area contributed by atoms with Crippen LogP contribution in [0.2, 0.25) is 0 Å². The van der Waals surface area contributed by atoms with Crippen LogP contribution in [0.4, 0.5) is 5.69 Å². The fourth-order valence-electron chi connectivity index (χ4n) is 1.74. The highest BCUT2D eigenvalue weighted by molar-refractivity contribution is 7.91. The predicted molar refractivity (Wildman–Crippen MR) is 84.0 cm³/mol. The third-order valence-corrected chi connectivity index (χ3v) is 6.21. The predicted octanol–water partition coefficient (Wildman–Crippen LogP) is 2.03. The van der Waals surface area contributed by atoms with E-state index >= 15 is 0 Å². The highest BCUT2D eigenvalue weighted by atomic mass is 32.2. The first-order chi connectivity index (χ1) is 9.93. The quantitative estimate of drug-likeness (QED) is 0.845. The van der Waals surface area contributed by atoms with Crippen molar-refractivity contribution >= 4 is 33.0 Å². The van der Waals surface area contributed by atoms with Gasteiger partial charge in [-0.2, -0.15) is 4.31 Å². The van der Waals surface area contributed by atoms with Gasteiger partial charge in [0.15, 0.2) is 0 Å². The molecular weight excluding hydrogens is 308 g/mol. The van der Waals surface area contributed by atoms with E-state index in [2.05, 4.69) is 0 Å². The third-order valence-electron chi connectivity index (χ3n) is 3.04. The molecule has 1 amide bonds. The van der Waals surface area contributed by atoms with Gasteiger partial charge in [-0.25, -0.2) is 8.42 Å². The number of benzene rings is 1. The lowest BCUT2D eigenvalue weighted by Crippen LogP contribution is -2.39. The molecule has 0 saturated carbocycles. The van der Waals surface area contributed by atoms with Crippen molar-refractivity contribution in [2.45, 2.75) is 4.21 Å². The van der Waals surface area contributed by atoms with E-state index in [0.29, 0.717) is 0 Å². The zero-order valence-corrected chi connectivity index (χ0v) is 13.4. The Morgan fingerprint density at radius 1 is 1.10 bits per heavy atom. The number of para-hydroxylation sites is 1. The van der Waals surface area contributed by atoms with Crippen molar-refractivity contribution in [3.05, 3.63) is 47.8 Å². The fraction of sp³-hybridized carbons (Fsp3) is 0.214. The second-order valence-electron chi connectivity index (χ2n) is 4.48. The molecule has 0 atom stereocenters. The molecule has 0 spiro atoms. The zero-order valence-electron chi connectivity index (χ0n) is 11.8. The molecule has 2 rings (SSSR count). The van der Waals surface area contributed by atoms with Gasteiger partial charge in [0.05, 0.1) is 6.54 Å². The Morgan fingerprint density at radius 3 is 2.33 bits per heavy atom. The summed E-state index contributed by atoms with van der Waals surface area (Å²) < 4.78 is 25.8. The molecule has 0 radical (unpaired) electrons. The number of anilines is 1. The van der Waals surface area contributed by atoms with Crippen LogP contribution in [0.3, 0.4) is 0 Å². The lowest BCUT2D eigenvalue weighted by Gasteiger charge is -2.21. The molecule has 21 heavy (non-hydrogen) atoms. The minimum Gasteiger partial charge on any atom is -0.314 e. The summed E-state index contributed by atoms with van der Waals surface area (Å²) in [6, 6.07) is 12.3. The van der Waals surface area contributed by atoms with Gasteiger partial charge in [-0.05, 0) is 23.6 Å². The number of carbonyl (C=O) groups is 1. The van der Waals surface area contributed by atoms with E-state index in [9.17, 15) is 13.2 Å². The summed E-state index contributed by atoms with van der Waals surface area (Å²) in [5.41, 5.74) is 0.726. The van der Waals surface area contributed by atoms with Gasteiger partial charge in [0.2, 0.25) is 5.91 Å². The molecule has 2 aromatic rings. The van der Waals surface area contributed by atoms with Crippen LogP contribution in [-0.4, -0.2) is 39.3 Å². The SMILES string of the molecule is CN(C(=O)CN(C)S(=O)(=O)c1cccs1)c1ccccc1. The Morgan fingerprint density at radius 2 is 1.76 bits per heavy atom. The molecule has 0 bridgehead atoms. The Kier molecular flexibility index (Phi) is 4.76. The van der Waals surface area contributed by atoms with E-state index in [0.717, 1.165) is 21.3 Å². The summed E-state index contributed by atoms with van der Waals surface area (Å²) in [7, 11) is -0.565. The van der Waals surface area contributed by atoms with Crippen LogP contribution in [0.15, 0.2) is 52.1 Å². The summed E-state index contributed by atoms with van der Waals surface area (Å²) in [5, 5.41) is 1.69. The molecule has 1 aromatic carbocycles. The van der Waals surface area contributed by atoms with Crippen molar-refractivity contribution in [3.8, 4) is 0 Å². The summed E-state index contributed by atoms with van der Waals surface area (Å²) in [4.78, 5) is 13.6. The van der Waals surface area contributed by atoms with Crippen molar-refractivity contribution < 1.29 is 13.2 Å². The molecule has 0 aliphatic carbocycles. The summed E-state index contributed by atoms with van der Waals surface area (Å²) >= 11 is 1.14. The van der Waals surface area contributed by atoms with Crippen LogP contribution in [0.25, 0.3) is 0 Å². The van der Waals surface area contributed by atoms with Gasteiger partial charge in [0, 0.05) is 19.8 Å².